The third kappa shape index (κ3) is 6.80. The Labute approximate surface area is 243 Å². The van der Waals surface area contributed by atoms with Crippen LogP contribution in [0, 0.1) is 0 Å². The van der Waals surface area contributed by atoms with Crippen LogP contribution in [0.3, 0.4) is 0 Å². The van der Waals surface area contributed by atoms with Gasteiger partial charge in [0.2, 0.25) is 15.6 Å². The SMILES string of the molecule is COc1cc(CCN(C)CCCOc2ccc(S(=O)(=O)c3c(C(C)C)cn4ccccc34)cc2)cc(OC)c1OC. The minimum atomic E-state index is -3.70. The van der Waals surface area contributed by atoms with Gasteiger partial charge in [0.15, 0.2) is 11.5 Å². The van der Waals surface area contributed by atoms with Gasteiger partial charge in [0.05, 0.1) is 38.3 Å². The molecule has 0 amide bonds. The Bertz CT molecular complexity index is 1540. The molecule has 0 aliphatic heterocycles. The summed E-state index contributed by atoms with van der Waals surface area (Å²) in [5.74, 6) is 2.61. The van der Waals surface area contributed by atoms with Crippen molar-refractivity contribution in [3.05, 3.63) is 78.1 Å². The van der Waals surface area contributed by atoms with Crippen molar-refractivity contribution in [3.63, 3.8) is 0 Å². The summed E-state index contributed by atoms with van der Waals surface area (Å²) in [6.07, 6.45) is 5.45. The molecule has 0 radical (unpaired) electrons. The molecule has 0 atom stereocenters. The molecule has 41 heavy (non-hydrogen) atoms. The Morgan fingerprint density at radius 1 is 0.902 bits per heavy atom. The van der Waals surface area contributed by atoms with Gasteiger partial charge in [-0.25, -0.2) is 8.42 Å². The van der Waals surface area contributed by atoms with E-state index in [-0.39, 0.29) is 10.8 Å². The van der Waals surface area contributed by atoms with Gasteiger partial charge in [-0.2, -0.15) is 0 Å². The molecule has 2 aromatic carbocycles. The summed E-state index contributed by atoms with van der Waals surface area (Å²) in [7, 11) is 3.21. The molecule has 0 unspecified atom stereocenters. The van der Waals surface area contributed by atoms with Crippen molar-refractivity contribution in [2.45, 2.75) is 42.4 Å². The maximum atomic E-state index is 13.7. The van der Waals surface area contributed by atoms with Gasteiger partial charge in [0, 0.05) is 25.5 Å². The second-order valence-electron chi connectivity index (χ2n) is 10.3. The first-order chi connectivity index (χ1) is 19.7. The van der Waals surface area contributed by atoms with Crippen LogP contribution in [0.5, 0.6) is 23.0 Å². The number of fused-ring (bicyclic) bond motifs is 1. The first kappa shape index (κ1) is 30.3. The van der Waals surface area contributed by atoms with Crippen LogP contribution < -0.4 is 18.9 Å². The first-order valence-corrected chi connectivity index (χ1v) is 15.2. The predicted molar refractivity (Wildman–Crippen MR) is 161 cm³/mol. The van der Waals surface area contributed by atoms with E-state index in [0.29, 0.717) is 40.0 Å². The molecule has 4 aromatic rings. The Kier molecular flexibility index (Phi) is 9.83. The summed E-state index contributed by atoms with van der Waals surface area (Å²) in [5.41, 5.74) is 2.60. The maximum Gasteiger partial charge on any atom is 0.209 e. The zero-order valence-corrected chi connectivity index (χ0v) is 25.5. The summed E-state index contributed by atoms with van der Waals surface area (Å²) in [6, 6.07) is 16.3. The van der Waals surface area contributed by atoms with Crippen LogP contribution in [-0.2, 0) is 16.3 Å². The van der Waals surface area contributed by atoms with Crippen molar-refractivity contribution in [3.8, 4) is 23.0 Å². The number of ether oxygens (including phenoxy) is 4. The van der Waals surface area contributed by atoms with Gasteiger partial charge in [-0.3, -0.25) is 0 Å². The first-order valence-electron chi connectivity index (χ1n) is 13.7. The molecule has 2 aromatic heterocycles. The smallest absolute Gasteiger partial charge is 0.209 e. The zero-order chi connectivity index (χ0) is 29.6. The lowest BCUT2D eigenvalue weighted by Gasteiger charge is -2.18. The molecule has 8 nitrogen and oxygen atoms in total. The molecule has 4 rings (SSSR count). The monoisotopic (exact) mass is 580 g/mol. The Morgan fingerprint density at radius 2 is 1.59 bits per heavy atom. The standard InChI is InChI=1S/C32H40N2O6S/c1-23(2)27-22-34-17-8-7-10-28(34)32(27)41(35,36)26-13-11-25(12-14-26)40-19-9-16-33(3)18-15-24-20-29(37-4)31(39-6)30(21-24)38-5/h7-8,10-14,17,20-23H,9,15-16,18-19H2,1-6H3. The second kappa shape index (κ2) is 13.3. The van der Waals surface area contributed by atoms with Crippen molar-refractivity contribution < 1.29 is 27.4 Å². The number of likely N-dealkylation sites (N-methyl/N-ethyl adjacent to an activating group) is 1. The van der Waals surface area contributed by atoms with Crippen LogP contribution in [-0.4, -0.2) is 65.8 Å². The lowest BCUT2D eigenvalue weighted by molar-refractivity contribution is 0.263. The van der Waals surface area contributed by atoms with Gasteiger partial charge in [0.1, 0.15) is 10.6 Å². The lowest BCUT2D eigenvalue weighted by Crippen LogP contribution is -2.23. The molecule has 0 spiro atoms. The van der Waals surface area contributed by atoms with Gasteiger partial charge >= 0.3 is 0 Å². The predicted octanol–water partition coefficient (Wildman–Crippen LogP) is 5.86. The maximum absolute atomic E-state index is 13.7. The number of methoxy groups -OCH3 is 3. The third-order valence-corrected chi connectivity index (χ3v) is 9.02. The van der Waals surface area contributed by atoms with Crippen molar-refractivity contribution in [1.82, 2.24) is 9.30 Å². The molecule has 220 valence electrons. The van der Waals surface area contributed by atoms with Crippen LogP contribution in [0.15, 0.2) is 76.8 Å². The molecule has 2 heterocycles. The normalized spacial score (nSPS) is 11.8. The quantitative estimate of drug-likeness (QED) is 0.173. The van der Waals surface area contributed by atoms with Gasteiger partial charge in [-0.1, -0.05) is 19.9 Å². The number of hydrogen-bond donors (Lipinski definition) is 0. The van der Waals surface area contributed by atoms with E-state index in [0.717, 1.165) is 37.1 Å². The van der Waals surface area contributed by atoms with Gasteiger partial charge in [-0.05, 0) is 85.5 Å². The van der Waals surface area contributed by atoms with Crippen LogP contribution in [0.4, 0.5) is 0 Å². The molecule has 0 bridgehead atoms. The van der Waals surface area contributed by atoms with Crippen LogP contribution in [0.25, 0.3) is 5.52 Å². The van der Waals surface area contributed by atoms with Gasteiger partial charge < -0.3 is 28.2 Å². The Balaban J connectivity index is 1.31. The topological polar surface area (TPSA) is 78.7 Å². The van der Waals surface area contributed by atoms with E-state index in [1.165, 1.54) is 0 Å². The molecule has 0 aliphatic carbocycles. The Morgan fingerprint density at radius 3 is 2.20 bits per heavy atom. The van der Waals surface area contributed by atoms with Crippen molar-refractivity contribution in [1.29, 1.82) is 0 Å². The van der Waals surface area contributed by atoms with Crippen molar-refractivity contribution in [2.24, 2.45) is 0 Å². The Hall–Kier alpha value is -3.69. The average molecular weight is 581 g/mol. The highest BCUT2D eigenvalue weighted by Crippen LogP contribution is 2.38. The fraction of sp³-hybridized carbons (Fsp3) is 0.375. The van der Waals surface area contributed by atoms with Crippen molar-refractivity contribution >= 4 is 15.4 Å². The van der Waals surface area contributed by atoms with Crippen molar-refractivity contribution in [2.75, 3.05) is 48.1 Å². The number of benzene rings is 2. The zero-order valence-electron chi connectivity index (χ0n) is 24.7. The summed E-state index contributed by atoms with van der Waals surface area (Å²) in [5, 5.41) is 0. The largest absolute Gasteiger partial charge is 0.494 e. The van der Waals surface area contributed by atoms with Crippen LogP contribution >= 0.6 is 0 Å². The summed E-state index contributed by atoms with van der Waals surface area (Å²) in [4.78, 5) is 2.88. The fourth-order valence-corrected chi connectivity index (χ4v) is 6.67. The minimum Gasteiger partial charge on any atom is -0.494 e. The van der Waals surface area contributed by atoms with E-state index in [1.54, 1.807) is 45.6 Å². The molecular formula is C32H40N2O6S. The molecule has 0 saturated heterocycles. The molecule has 0 saturated carbocycles. The van der Waals surface area contributed by atoms with Crippen LogP contribution in [0.1, 0.15) is 37.3 Å². The van der Waals surface area contributed by atoms with E-state index in [2.05, 4.69) is 11.9 Å². The average Bonchev–Trinajstić information content (AvgIpc) is 3.39. The number of hydrogen-bond acceptors (Lipinski definition) is 7. The van der Waals surface area contributed by atoms with Crippen LogP contribution in [0.2, 0.25) is 0 Å². The van der Waals surface area contributed by atoms with E-state index < -0.39 is 9.84 Å². The number of aromatic nitrogens is 1. The molecular weight excluding hydrogens is 540 g/mol. The lowest BCUT2D eigenvalue weighted by atomic mass is 10.1. The van der Waals surface area contributed by atoms with Gasteiger partial charge in [-0.15, -0.1) is 0 Å². The molecule has 0 fully saturated rings. The second-order valence-corrected chi connectivity index (χ2v) is 12.2. The van der Waals surface area contributed by atoms with E-state index in [4.69, 9.17) is 18.9 Å². The van der Waals surface area contributed by atoms with E-state index >= 15 is 0 Å². The molecule has 0 N–H and O–H groups in total. The summed E-state index contributed by atoms with van der Waals surface area (Å²) < 4.78 is 51.5. The van der Waals surface area contributed by atoms with E-state index in [1.807, 2.05) is 61.0 Å². The summed E-state index contributed by atoms with van der Waals surface area (Å²) >= 11 is 0. The minimum absolute atomic E-state index is 0.0716. The fourth-order valence-electron chi connectivity index (χ4n) is 4.89. The molecule has 9 heteroatoms. The number of rotatable bonds is 14. The van der Waals surface area contributed by atoms with Gasteiger partial charge in [0.25, 0.3) is 0 Å². The number of nitrogens with zero attached hydrogens (tertiary/aromatic N) is 2. The molecule has 0 aliphatic rings. The highest BCUT2D eigenvalue weighted by atomic mass is 32.2. The number of pyridine rings is 1. The highest BCUT2D eigenvalue weighted by Gasteiger charge is 2.27. The summed E-state index contributed by atoms with van der Waals surface area (Å²) in [6.45, 7) is 6.27. The third-order valence-electron chi connectivity index (χ3n) is 7.15. The highest BCUT2D eigenvalue weighted by molar-refractivity contribution is 7.91. The van der Waals surface area contributed by atoms with E-state index in [9.17, 15) is 8.42 Å². The number of sulfone groups is 1.